The Bertz CT molecular complexity index is 482. The Morgan fingerprint density at radius 1 is 1.39 bits per heavy atom. The van der Waals surface area contributed by atoms with E-state index >= 15 is 0 Å². The first-order valence-corrected chi connectivity index (χ1v) is 6.35. The average molecular weight is 263 g/mol. The molecular weight excluding hydrogens is 246 g/mol. The molecule has 0 bridgehead atoms. The number of nitrogens with one attached hydrogen (secondary N) is 1. The Labute approximate surface area is 111 Å². The highest BCUT2D eigenvalue weighted by molar-refractivity contribution is 7.17. The van der Waals surface area contributed by atoms with Gasteiger partial charge in [-0.05, 0) is 19.5 Å². The number of hydrogen-bond donors (Lipinski definition) is 2. The molecule has 2 aromatic rings. The van der Waals surface area contributed by atoms with E-state index in [0.29, 0.717) is 15.7 Å². The van der Waals surface area contributed by atoms with Crippen LogP contribution in [-0.2, 0) is 6.54 Å². The third kappa shape index (κ3) is 4.65. The van der Waals surface area contributed by atoms with Gasteiger partial charge in [-0.1, -0.05) is 41.7 Å². The van der Waals surface area contributed by atoms with E-state index in [1.807, 2.05) is 25.2 Å². The largest absolute Gasteiger partial charge is 0.375 e. The first-order chi connectivity index (χ1) is 8.67. The molecule has 3 N–H and O–H groups in total. The van der Waals surface area contributed by atoms with Crippen molar-refractivity contribution >= 4 is 22.8 Å². The first kappa shape index (κ1) is 14.3. The van der Waals surface area contributed by atoms with Gasteiger partial charge in [0.15, 0.2) is 11.4 Å². The Morgan fingerprint density at radius 2 is 2.06 bits per heavy atom. The zero-order chi connectivity index (χ0) is 13.4. The van der Waals surface area contributed by atoms with Crippen molar-refractivity contribution in [3.8, 4) is 0 Å². The lowest BCUT2D eigenvalue weighted by Gasteiger charge is -1.95. The maximum absolute atomic E-state index is 10.2. The minimum Gasteiger partial charge on any atom is -0.375 e. The normalized spacial score (nSPS) is 9.44. The molecule has 0 aliphatic carbocycles. The molecule has 18 heavy (non-hydrogen) atoms. The molecule has 0 aliphatic heterocycles. The van der Waals surface area contributed by atoms with E-state index < -0.39 is 0 Å². The summed E-state index contributed by atoms with van der Waals surface area (Å²) in [7, 11) is 1.95. The molecule has 1 aromatic carbocycles. The van der Waals surface area contributed by atoms with Gasteiger partial charge in [-0.3, -0.25) is 4.79 Å². The maximum Gasteiger partial charge on any atom is 0.180 e. The van der Waals surface area contributed by atoms with Crippen LogP contribution in [0.5, 0.6) is 0 Å². The molecule has 4 nitrogen and oxygen atoms in total. The van der Waals surface area contributed by atoms with E-state index in [9.17, 15) is 4.79 Å². The SMILES string of the molecule is CNCc1ccccc1.Cc1nc(N)sc1C=O. The Hall–Kier alpha value is -1.72. The van der Waals surface area contributed by atoms with Crippen LogP contribution in [0.3, 0.4) is 0 Å². The quantitative estimate of drug-likeness (QED) is 0.833. The number of benzene rings is 1. The van der Waals surface area contributed by atoms with Crippen LogP contribution in [0, 0.1) is 6.92 Å². The van der Waals surface area contributed by atoms with E-state index in [-0.39, 0.29) is 0 Å². The molecule has 0 saturated heterocycles. The summed E-state index contributed by atoms with van der Waals surface area (Å²) in [6.07, 6.45) is 0.767. The lowest BCUT2D eigenvalue weighted by molar-refractivity contribution is 0.112. The summed E-state index contributed by atoms with van der Waals surface area (Å²) in [5.74, 6) is 0. The highest BCUT2D eigenvalue weighted by Crippen LogP contribution is 2.16. The third-order valence-electron chi connectivity index (χ3n) is 2.18. The van der Waals surface area contributed by atoms with Crippen LogP contribution in [0.15, 0.2) is 30.3 Å². The predicted molar refractivity (Wildman–Crippen MR) is 75.9 cm³/mol. The summed E-state index contributed by atoms with van der Waals surface area (Å²) in [4.78, 5) is 14.6. The first-order valence-electron chi connectivity index (χ1n) is 5.54. The van der Waals surface area contributed by atoms with Crippen molar-refractivity contribution in [3.63, 3.8) is 0 Å². The average Bonchev–Trinajstić information content (AvgIpc) is 2.70. The van der Waals surface area contributed by atoms with Gasteiger partial charge in [-0.25, -0.2) is 4.98 Å². The zero-order valence-corrected chi connectivity index (χ0v) is 11.3. The molecule has 0 aliphatic rings. The molecule has 0 radical (unpaired) electrons. The van der Waals surface area contributed by atoms with Crippen molar-refractivity contribution in [1.82, 2.24) is 10.3 Å². The second kappa shape index (κ2) is 7.58. The number of carbonyl (C=O) groups is 1. The van der Waals surface area contributed by atoms with E-state index in [1.165, 1.54) is 16.9 Å². The minimum atomic E-state index is 0.453. The lowest BCUT2D eigenvalue weighted by atomic mass is 10.2. The van der Waals surface area contributed by atoms with E-state index in [2.05, 4.69) is 22.4 Å². The molecule has 0 amide bonds. The molecule has 0 fully saturated rings. The van der Waals surface area contributed by atoms with E-state index in [4.69, 9.17) is 5.73 Å². The topological polar surface area (TPSA) is 68.0 Å². The fraction of sp³-hybridized carbons (Fsp3) is 0.231. The number of nitrogens with two attached hydrogens (primary N) is 1. The Balaban J connectivity index is 0.000000180. The second-order valence-corrected chi connectivity index (χ2v) is 4.70. The maximum atomic E-state index is 10.2. The van der Waals surface area contributed by atoms with Gasteiger partial charge in [0.2, 0.25) is 0 Å². The summed E-state index contributed by atoms with van der Waals surface area (Å²) in [5, 5.41) is 3.54. The van der Waals surface area contributed by atoms with E-state index in [0.717, 1.165) is 12.8 Å². The van der Waals surface area contributed by atoms with Gasteiger partial charge >= 0.3 is 0 Å². The fourth-order valence-corrected chi connectivity index (χ4v) is 1.99. The minimum absolute atomic E-state index is 0.453. The molecule has 1 aromatic heterocycles. The summed E-state index contributed by atoms with van der Waals surface area (Å²) in [5.41, 5.74) is 7.35. The van der Waals surface area contributed by atoms with Crippen molar-refractivity contribution in [2.24, 2.45) is 0 Å². The van der Waals surface area contributed by atoms with Crippen molar-refractivity contribution in [1.29, 1.82) is 0 Å². The van der Waals surface area contributed by atoms with Crippen molar-refractivity contribution in [2.45, 2.75) is 13.5 Å². The fourth-order valence-electron chi connectivity index (χ4n) is 1.34. The number of aromatic nitrogens is 1. The van der Waals surface area contributed by atoms with Gasteiger partial charge in [0.05, 0.1) is 10.6 Å². The number of nitrogens with zero attached hydrogens (tertiary/aromatic N) is 1. The van der Waals surface area contributed by atoms with Gasteiger partial charge in [-0.2, -0.15) is 0 Å². The van der Waals surface area contributed by atoms with Crippen LogP contribution in [0.2, 0.25) is 0 Å². The third-order valence-corrected chi connectivity index (χ3v) is 3.09. The molecule has 5 heteroatoms. The number of rotatable bonds is 3. The molecular formula is C13H17N3OS. The van der Waals surface area contributed by atoms with Crippen LogP contribution >= 0.6 is 11.3 Å². The smallest absolute Gasteiger partial charge is 0.180 e. The number of nitrogen functional groups attached to an aromatic ring is 1. The Kier molecular flexibility index (Phi) is 6.04. The molecule has 0 spiro atoms. The molecule has 2 rings (SSSR count). The number of aldehydes is 1. The van der Waals surface area contributed by atoms with Crippen LogP contribution in [0.1, 0.15) is 20.9 Å². The zero-order valence-electron chi connectivity index (χ0n) is 10.5. The van der Waals surface area contributed by atoms with Crippen LogP contribution in [0.25, 0.3) is 0 Å². The Morgan fingerprint density at radius 3 is 2.44 bits per heavy atom. The highest BCUT2D eigenvalue weighted by atomic mass is 32.1. The number of hydrogen-bond acceptors (Lipinski definition) is 5. The van der Waals surface area contributed by atoms with Crippen molar-refractivity contribution in [3.05, 3.63) is 46.5 Å². The number of anilines is 1. The van der Waals surface area contributed by atoms with Gasteiger partial charge < -0.3 is 11.1 Å². The predicted octanol–water partition coefficient (Wildman–Crippen LogP) is 2.25. The number of carbonyl (C=O) groups excluding carboxylic acids is 1. The van der Waals surface area contributed by atoms with Crippen LogP contribution < -0.4 is 11.1 Å². The number of thiazole rings is 1. The summed E-state index contributed by atoms with van der Waals surface area (Å²) in [6.45, 7) is 2.72. The molecule has 0 atom stereocenters. The van der Waals surface area contributed by atoms with Crippen LogP contribution in [-0.4, -0.2) is 18.3 Å². The van der Waals surface area contributed by atoms with Crippen molar-refractivity contribution < 1.29 is 4.79 Å². The summed E-state index contributed by atoms with van der Waals surface area (Å²) in [6, 6.07) is 10.3. The van der Waals surface area contributed by atoms with Gasteiger partial charge in [-0.15, -0.1) is 0 Å². The van der Waals surface area contributed by atoms with Gasteiger partial charge in [0.1, 0.15) is 0 Å². The molecule has 0 unspecified atom stereocenters. The van der Waals surface area contributed by atoms with Crippen LogP contribution in [0.4, 0.5) is 5.13 Å². The summed E-state index contributed by atoms with van der Waals surface area (Å²) < 4.78 is 0. The standard InChI is InChI=1S/C8H11N.C5H6N2OS/c1-9-7-8-5-3-2-4-6-8;1-3-4(2-8)9-5(6)7-3/h2-6,9H,7H2,1H3;2H,1H3,(H2,6,7). The molecule has 96 valence electrons. The lowest BCUT2D eigenvalue weighted by Crippen LogP contribution is -2.04. The summed E-state index contributed by atoms with van der Waals surface area (Å²) >= 11 is 1.21. The molecule has 1 heterocycles. The van der Waals surface area contributed by atoms with Gasteiger partial charge in [0, 0.05) is 6.54 Å². The van der Waals surface area contributed by atoms with Crippen molar-refractivity contribution in [2.75, 3.05) is 12.8 Å². The second-order valence-electron chi connectivity index (χ2n) is 3.64. The number of aryl methyl sites for hydroxylation is 1. The van der Waals surface area contributed by atoms with Gasteiger partial charge in [0.25, 0.3) is 0 Å². The van der Waals surface area contributed by atoms with E-state index in [1.54, 1.807) is 6.92 Å². The highest BCUT2D eigenvalue weighted by Gasteiger charge is 2.01. The molecule has 0 saturated carbocycles. The monoisotopic (exact) mass is 263 g/mol.